The molecule has 0 atom stereocenters. The summed E-state index contributed by atoms with van der Waals surface area (Å²) in [5.41, 5.74) is 1.84. The van der Waals surface area contributed by atoms with Crippen molar-refractivity contribution in [3.8, 4) is 5.75 Å². The van der Waals surface area contributed by atoms with Gasteiger partial charge in [-0.05, 0) is 24.6 Å². The van der Waals surface area contributed by atoms with Gasteiger partial charge in [0.1, 0.15) is 12.4 Å². The molecule has 0 aromatic heterocycles. The molecule has 0 saturated heterocycles. The van der Waals surface area contributed by atoms with Crippen LogP contribution in [0.3, 0.4) is 0 Å². The van der Waals surface area contributed by atoms with Crippen molar-refractivity contribution >= 4 is 17.6 Å². The van der Waals surface area contributed by atoms with E-state index in [9.17, 15) is 9.59 Å². The van der Waals surface area contributed by atoms with Crippen molar-refractivity contribution in [3.05, 3.63) is 23.8 Å². The molecular formula is C14H17NO4. The number of nitrogens with zero attached hydrogens (tertiary/aromatic N) is 1. The smallest absolute Gasteiger partial charge is 0.306 e. The van der Waals surface area contributed by atoms with Crippen molar-refractivity contribution < 1.29 is 19.1 Å². The quantitative estimate of drug-likeness (QED) is 0.778. The molecule has 5 heteroatoms. The van der Waals surface area contributed by atoms with Crippen molar-refractivity contribution in [1.82, 2.24) is 0 Å². The number of fused-ring (bicyclic) bond motifs is 1. The van der Waals surface area contributed by atoms with Crippen LogP contribution in [0.4, 0.5) is 5.69 Å². The Balaban J connectivity index is 2.12. The molecule has 19 heavy (non-hydrogen) atoms. The second-order valence-electron chi connectivity index (χ2n) is 4.44. The summed E-state index contributed by atoms with van der Waals surface area (Å²) in [6.07, 6.45) is 0.258. The third-order valence-corrected chi connectivity index (χ3v) is 3.05. The zero-order valence-electron chi connectivity index (χ0n) is 11.1. The fourth-order valence-electron chi connectivity index (χ4n) is 2.03. The first kappa shape index (κ1) is 13.4. The Bertz CT molecular complexity index is 498. The Morgan fingerprint density at radius 1 is 1.37 bits per heavy atom. The van der Waals surface area contributed by atoms with Crippen LogP contribution in [0.1, 0.15) is 18.4 Å². The SMILES string of the molecule is COC(=O)CCC(=O)N1CCOc2ccc(C)cc21. The van der Waals surface area contributed by atoms with Gasteiger partial charge in [-0.15, -0.1) is 0 Å². The van der Waals surface area contributed by atoms with Crippen LogP contribution in [0.5, 0.6) is 5.75 Å². The summed E-state index contributed by atoms with van der Waals surface area (Å²) in [6.45, 7) is 2.95. The molecule has 1 aromatic carbocycles. The van der Waals surface area contributed by atoms with Gasteiger partial charge in [-0.2, -0.15) is 0 Å². The number of rotatable bonds is 3. The van der Waals surface area contributed by atoms with E-state index in [-0.39, 0.29) is 24.7 Å². The minimum atomic E-state index is -0.369. The lowest BCUT2D eigenvalue weighted by Gasteiger charge is -2.29. The number of anilines is 1. The van der Waals surface area contributed by atoms with Crippen LogP contribution in [0.2, 0.25) is 0 Å². The number of carbonyl (C=O) groups is 2. The largest absolute Gasteiger partial charge is 0.490 e. The first-order valence-electron chi connectivity index (χ1n) is 6.22. The maximum atomic E-state index is 12.2. The van der Waals surface area contributed by atoms with Gasteiger partial charge in [0, 0.05) is 6.42 Å². The average Bonchev–Trinajstić information content (AvgIpc) is 2.43. The lowest BCUT2D eigenvalue weighted by atomic mass is 10.1. The van der Waals surface area contributed by atoms with E-state index in [4.69, 9.17) is 4.74 Å². The second-order valence-corrected chi connectivity index (χ2v) is 4.44. The van der Waals surface area contributed by atoms with Gasteiger partial charge in [-0.3, -0.25) is 9.59 Å². The first-order valence-corrected chi connectivity index (χ1v) is 6.22. The van der Waals surface area contributed by atoms with E-state index >= 15 is 0 Å². The third kappa shape index (κ3) is 3.05. The number of esters is 1. The Labute approximate surface area is 112 Å². The van der Waals surface area contributed by atoms with Crippen LogP contribution in [0.15, 0.2) is 18.2 Å². The number of amides is 1. The minimum Gasteiger partial charge on any atom is -0.490 e. The lowest BCUT2D eigenvalue weighted by molar-refractivity contribution is -0.141. The zero-order chi connectivity index (χ0) is 13.8. The van der Waals surface area contributed by atoms with Crippen LogP contribution in [-0.2, 0) is 14.3 Å². The standard InChI is InChI=1S/C14H17NO4/c1-10-3-4-12-11(9-10)15(7-8-19-12)13(16)5-6-14(17)18-2/h3-4,9H,5-8H2,1-2H3. The van der Waals surface area contributed by atoms with E-state index in [0.29, 0.717) is 18.9 Å². The summed E-state index contributed by atoms with van der Waals surface area (Å²) in [5, 5.41) is 0. The van der Waals surface area contributed by atoms with Crippen LogP contribution in [0.25, 0.3) is 0 Å². The van der Waals surface area contributed by atoms with Gasteiger partial charge in [0.05, 0.1) is 25.8 Å². The van der Waals surface area contributed by atoms with Gasteiger partial charge < -0.3 is 14.4 Å². The maximum absolute atomic E-state index is 12.2. The van der Waals surface area contributed by atoms with E-state index < -0.39 is 0 Å². The molecule has 0 bridgehead atoms. The summed E-state index contributed by atoms with van der Waals surface area (Å²) in [4.78, 5) is 24.9. The summed E-state index contributed by atoms with van der Waals surface area (Å²) in [5.74, 6) is 0.259. The number of hydrogen-bond donors (Lipinski definition) is 0. The summed E-state index contributed by atoms with van der Waals surface area (Å²) >= 11 is 0. The molecule has 2 rings (SSSR count). The lowest BCUT2D eigenvalue weighted by Crippen LogP contribution is -2.38. The van der Waals surface area contributed by atoms with Gasteiger partial charge in [0.15, 0.2) is 0 Å². The van der Waals surface area contributed by atoms with Crippen molar-refractivity contribution in [2.24, 2.45) is 0 Å². The molecule has 102 valence electrons. The van der Waals surface area contributed by atoms with Crippen molar-refractivity contribution in [2.45, 2.75) is 19.8 Å². The van der Waals surface area contributed by atoms with Crippen LogP contribution in [-0.4, -0.2) is 32.1 Å². The molecule has 1 amide bonds. The molecule has 1 aliphatic rings. The fraction of sp³-hybridized carbons (Fsp3) is 0.429. The van der Waals surface area contributed by atoms with Gasteiger partial charge in [-0.1, -0.05) is 6.07 Å². The predicted molar refractivity (Wildman–Crippen MR) is 70.3 cm³/mol. The monoisotopic (exact) mass is 263 g/mol. The van der Waals surface area contributed by atoms with E-state index in [2.05, 4.69) is 4.74 Å². The highest BCUT2D eigenvalue weighted by molar-refractivity contribution is 5.96. The Hall–Kier alpha value is -2.04. The molecule has 0 radical (unpaired) electrons. The van der Waals surface area contributed by atoms with E-state index in [1.54, 1.807) is 4.90 Å². The van der Waals surface area contributed by atoms with Crippen molar-refractivity contribution in [3.63, 3.8) is 0 Å². The van der Waals surface area contributed by atoms with E-state index in [1.807, 2.05) is 25.1 Å². The van der Waals surface area contributed by atoms with Gasteiger partial charge in [-0.25, -0.2) is 0 Å². The molecular weight excluding hydrogens is 246 g/mol. The van der Waals surface area contributed by atoms with Gasteiger partial charge in [0.2, 0.25) is 5.91 Å². The molecule has 0 N–H and O–H groups in total. The highest BCUT2D eigenvalue weighted by Gasteiger charge is 2.24. The van der Waals surface area contributed by atoms with Crippen LogP contribution >= 0.6 is 0 Å². The molecule has 0 spiro atoms. The fourth-order valence-corrected chi connectivity index (χ4v) is 2.03. The number of carbonyl (C=O) groups excluding carboxylic acids is 2. The molecule has 1 aliphatic heterocycles. The van der Waals surface area contributed by atoms with Gasteiger partial charge >= 0.3 is 5.97 Å². The summed E-state index contributed by atoms with van der Waals surface area (Å²) in [7, 11) is 1.32. The third-order valence-electron chi connectivity index (χ3n) is 3.05. The number of aryl methyl sites for hydroxylation is 1. The molecule has 1 aromatic rings. The number of hydrogen-bond acceptors (Lipinski definition) is 4. The Morgan fingerprint density at radius 3 is 2.89 bits per heavy atom. The molecule has 0 fully saturated rings. The highest BCUT2D eigenvalue weighted by atomic mass is 16.5. The predicted octanol–water partition coefficient (Wildman–Crippen LogP) is 1.67. The summed E-state index contributed by atoms with van der Waals surface area (Å²) < 4.78 is 10.1. The Kier molecular flexibility index (Phi) is 4.04. The number of benzene rings is 1. The first-order chi connectivity index (χ1) is 9.11. The van der Waals surface area contributed by atoms with E-state index in [1.165, 1.54) is 7.11 Å². The van der Waals surface area contributed by atoms with Crippen LogP contribution in [0, 0.1) is 6.92 Å². The Morgan fingerprint density at radius 2 is 2.16 bits per heavy atom. The maximum Gasteiger partial charge on any atom is 0.306 e. The topological polar surface area (TPSA) is 55.8 Å². The van der Waals surface area contributed by atoms with Gasteiger partial charge in [0.25, 0.3) is 0 Å². The zero-order valence-corrected chi connectivity index (χ0v) is 11.1. The van der Waals surface area contributed by atoms with Crippen molar-refractivity contribution in [1.29, 1.82) is 0 Å². The highest BCUT2D eigenvalue weighted by Crippen LogP contribution is 2.32. The average molecular weight is 263 g/mol. The minimum absolute atomic E-state index is 0.0828. The number of ether oxygens (including phenoxy) is 2. The van der Waals surface area contributed by atoms with Crippen molar-refractivity contribution in [2.75, 3.05) is 25.2 Å². The molecule has 0 saturated carbocycles. The molecule has 1 heterocycles. The number of methoxy groups -OCH3 is 1. The van der Waals surface area contributed by atoms with E-state index in [0.717, 1.165) is 11.3 Å². The summed E-state index contributed by atoms with van der Waals surface area (Å²) in [6, 6.07) is 5.73. The van der Waals surface area contributed by atoms with Crippen LogP contribution < -0.4 is 9.64 Å². The second kappa shape index (κ2) is 5.73. The molecule has 0 unspecified atom stereocenters. The normalized spacial score (nSPS) is 13.5. The molecule has 0 aliphatic carbocycles. The molecule has 5 nitrogen and oxygen atoms in total.